The van der Waals surface area contributed by atoms with E-state index in [1.807, 2.05) is 0 Å². The molecule has 50 valence electrons. The Morgan fingerprint density at radius 1 is 1.67 bits per heavy atom. The van der Waals surface area contributed by atoms with Gasteiger partial charge in [0.05, 0.1) is 11.5 Å². The Kier molecular flexibility index (Phi) is 1.48. The van der Waals surface area contributed by atoms with Crippen LogP contribution in [0.3, 0.4) is 0 Å². The lowest BCUT2D eigenvalue weighted by molar-refractivity contribution is 0.439. The maximum absolute atomic E-state index is 8.69. The van der Waals surface area contributed by atoms with E-state index in [4.69, 9.17) is 5.26 Å². The lowest BCUT2D eigenvalue weighted by Crippen LogP contribution is -2.06. The topological polar surface area (TPSA) is 23.8 Å². The van der Waals surface area contributed by atoms with Gasteiger partial charge in [0, 0.05) is 0 Å². The first-order chi connectivity index (χ1) is 4.16. The molecule has 0 bridgehead atoms. The highest BCUT2D eigenvalue weighted by Gasteiger charge is 2.32. The zero-order chi connectivity index (χ0) is 6.91. The highest BCUT2D eigenvalue weighted by molar-refractivity contribution is 5.00. The van der Waals surface area contributed by atoms with Gasteiger partial charge in [0.15, 0.2) is 0 Å². The van der Waals surface area contributed by atoms with E-state index in [1.165, 1.54) is 6.42 Å². The van der Waals surface area contributed by atoms with E-state index in [0.29, 0.717) is 0 Å². The second kappa shape index (κ2) is 2.02. The normalized spacial score (nSPS) is 42.6. The van der Waals surface area contributed by atoms with Crippen LogP contribution in [0.25, 0.3) is 0 Å². The van der Waals surface area contributed by atoms with Gasteiger partial charge in [0.25, 0.3) is 0 Å². The van der Waals surface area contributed by atoms with E-state index in [-0.39, 0.29) is 5.41 Å². The average Bonchev–Trinajstić information content (AvgIpc) is 2.13. The molecule has 0 radical (unpaired) electrons. The van der Waals surface area contributed by atoms with E-state index >= 15 is 0 Å². The Morgan fingerprint density at radius 2 is 2.33 bits per heavy atom. The third kappa shape index (κ3) is 1.24. The minimum atomic E-state index is 0.0133. The van der Waals surface area contributed by atoms with Crippen LogP contribution in [0, 0.1) is 22.7 Å². The summed E-state index contributed by atoms with van der Waals surface area (Å²) in [5.41, 5.74) is 0.0133. The summed E-state index contributed by atoms with van der Waals surface area (Å²) in [6.07, 6.45) is 3.44. The highest BCUT2D eigenvalue weighted by atomic mass is 14.4. The molecule has 0 amide bonds. The summed E-state index contributed by atoms with van der Waals surface area (Å²) < 4.78 is 0. The molecule has 1 aliphatic carbocycles. The van der Waals surface area contributed by atoms with Crippen molar-refractivity contribution >= 4 is 0 Å². The van der Waals surface area contributed by atoms with Crippen LogP contribution in [-0.4, -0.2) is 0 Å². The van der Waals surface area contributed by atoms with Crippen molar-refractivity contribution in [1.82, 2.24) is 0 Å². The summed E-state index contributed by atoms with van der Waals surface area (Å²) >= 11 is 0. The monoisotopic (exact) mass is 123 g/mol. The van der Waals surface area contributed by atoms with Crippen molar-refractivity contribution in [1.29, 1.82) is 5.26 Å². The fraction of sp³-hybridized carbons (Fsp3) is 0.875. The Morgan fingerprint density at radius 3 is 2.56 bits per heavy atom. The van der Waals surface area contributed by atoms with Crippen LogP contribution in [0.15, 0.2) is 0 Å². The van der Waals surface area contributed by atoms with E-state index < -0.39 is 0 Å². The molecular formula is C8H13N. The maximum atomic E-state index is 8.69. The fourth-order valence-electron chi connectivity index (χ4n) is 1.64. The molecule has 2 atom stereocenters. The molecule has 1 saturated carbocycles. The highest BCUT2D eigenvalue weighted by Crippen LogP contribution is 2.40. The molecule has 0 saturated heterocycles. The van der Waals surface area contributed by atoms with Crippen molar-refractivity contribution in [3.63, 3.8) is 0 Å². The van der Waals surface area contributed by atoms with Gasteiger partial charge < -0.3 is 0 Å². The van der Waals surface area contributed by atoms with Crippen LogP contribution >= 0.6 is 0 Å². The number of hydrogen-bond acceptors (Lipinski definition) is 1. The predicted molar refractivity (Wildman–Crippen MR) is 36.7 cm³/mol. The molecule has 0 heterocycles. The first-order valence-corrected chi connectivity index (χ1v) is 3.57. The molecule has 0 aromatic heterocycles. The molecule has 0 aliphatic heterocycles. The summed E-state index contributed by atoms with van der Waals surface area (Å²) in [6.45, 7) is 4.29. The van der Waals surface area contributed by atoms with Crippen LogP contribution < -0.4 is 0 Å². The van der Waals surface area contributed by atoms with E-state index in [9.17, 15) is 0 Å². The number of rotatable bonds is 0. The van der Waals surface area contributed by atoms with Crippen molar-refractivity contribution in [2.75, 3.05) is 0 Å². The fourth-order valence-corrected chi connectivity index (χ4v) is 1.64. The molecule has 1 rings (SSSR count). The minimum Gasteiger partial charge on any atom is -0.198 e. The summed E-state index contributed by atoms with van der Waals surface area (Å²) in [5, 5.41) is 8.69. The van der Waals surface area contributed by atoms with Gasteiger partial charge >= 0.3 is 0 Å². The van der Waals surface area contributed by atoms with Crippen LogP contribution in [-0.2, 0) is 0 Å². The second-order valence-corrected chi connectivity index (χ2v) is 3.52. The largest absolute Gasteiger partial charge is 0.198 e. The third-order valence-corrected chi connectivity index (χ3v) is 2.26. The van der Waals surface area contributed by atoms with Gasteiger partial charge in [-0.15, -0.1) is 0 Å². The maximum Gasteiger partial charge on any atom is 0.0686 e. The summed E-state index contributed by atoms with van der Waals surface area (Å²) in [5.74, 6) is 0.773. The lowest BCUT2D eigenvalue weighted by Gasteiger charge is -2.11. The average molecular weight is 123 g/mol. The molecule has 1 fully saturated rings. The van der Waals surface area contributed by atoms with Gasteiger partial charge in [-0.2, -0.15) is 5.26 Å². The molecule has 0 spiro atoms. The van der Waals surface area contributed by atoms with Crippen LogP contribution in [0.4, 0.5) is 0 Å². The summed E-state index contributed by atoms with van der Waals surface area (Å²) in [4.78, 5) is 0. The molecule has 1 aliphatic rings. The molecular weight excluding hydrogens is 110 g/mol. The molecule has 1 unspecified atom stereocenters. The number of hydrogen-bond donors (Lipinski definition) is 0. The molecule has 1 nitrogen and oxygen atoms in total. The SMILES string of the molecule is CC1CC[C@](C)(C#N)C1. The third-order valence-electron chi connectivity index (χ3n) is 2.26. The number of nitriles is 1. The molecule has 9 heavy (non-hydrogen) atoms. The lowest BCUT2D eigenvalue weighted by atomic mass is 9.90. The van der Waals surface area contributed by atoms with Crippen molar-refractivity contribution in [2.24, 2.45) is 11.3 Å². The standard InChI is InChI=1S/C8H13N/c1-7-3-4-8(2,5-7)6-9/h7H,3-5H2,1-2H3/t7?,8-/m0/s1. The smallest absolute Gasteiger partial charge is 0.0686 e. The summed E-state index contributed by atoms with van der Waals surface area (Å²) in [6, 6.07) is 2.37. The zero-order valence-corrected chi connectivity index (χ0v) is 6.15. The molecule has 1 heteroatoms. The first kappa shape index (κ1) is 6.61. The van der Waals surface area contributed by atoms with Crippen LogP contribution in [0.2, 0.25) is 0 Å². The second-order valence-electron chi connectivity index (χ2n) is 3.52. The van der Waals surface area contributed by atoms with Crippen molar-refractivity contribution < 1.29 is 0 Å². The van der Waals surface area contributed by atoms with Crippen LogP contribution in [0.1, 0.15) is 33.1 Å². The molecule has 0 aromatic carbocycles. The van der Waals surface area contributed by atoms with E-state index in [0.717, 1.165) is 18.8 Å². The van der Waals surface area contributed by atoms with Gasteiger partial charge in [-0.1, -0.05) is 6.92 Å². The van der Waals surface area contributed by atoms with Crippen molar-refractivity contribution in [3.8, 4) is 6.07 Å². The number of nitrogens with zero attached hydrogens (tertiary/aromatic N) is 1. The van der Waals surface area contributed by atoms with Crippen LogP contribution in [0.5, 0.6) is 0 Å². The Hall–Kier alpha value is -0.510. The van der Waals surface area contributed by atoms with Gasteiger partial charge in [0.2, 0.25) is 0 Å². The quantitative estimate of drug-likeness (QED) is 0.485. The van der Waals surface area contributed by atoms with Gasteiger partial charge in [-0.05, 0) is 32.1 Å². The first-order valence-electron chi connectivity index (χ1n) is 3.57. The predicted octanol–water partition coefficient (Wildman–Crippen LogP) is 2.34. The Balaban J connectivity index is 2.58. The van der Waals surface area contributed by atoms with Gasteiger partial charge in [0.1, 0.15) is 0 Å². The Labute approximate surface area is 56.7 Å². The van der Waals surface area contributed by atoms with E-state index in [2.05, 4.69) is 19.9 Å². The van der Waals surface area contributed by atoms with Crippen molar-refractivity contribution in [3.05, 3.63) is 0 Å². The van der Waals surface area contributed by atoms with Gasteiger partial charge in [-0.3, -0.25) is 0 Å². The summed E-state index contributed by atoms with van der Waals surface area (Å²) in [7, 11) is 0. The minimum absolute atomic E-state index is 0.0133. The molecule has 0 aromatic rings. The molecule has 0 N–H and O–H groups in total. The van der Waals surface area contributed by atoms with Crippen molar-refractivity contribution in [2.45, 2.75) is 33.1 Å². The zero-order valence-electron chi connectivity index (χ0n) is 6.15. The van der Waals surface area contributed by atoms with Gasteiger partial charge in [-0.25, -0.2) is 0 Å². The Bertz CT molecular complexity index is 145. The van der Waals surface area contributed by atoms with E-state index in [1.54, 1.807) is 0 Å².